The fourth-order valence-electron chi connectivity index (χ4n) is 2.55. The lowest BCUT2D eigenvalue weighted by Gasteiger charge is -2.12. The van der Waals surface area contributed by atoms with E-state index in [9.17, 15) is 4.79 Å². The van der Waals surface area contributed by atoms with Crippen LogP contribution in [0.15, 0.2) is 58.7 Å². The Kier molecular flexibility index (Phi) is 3.83. The lowest BCUT2D eigenvalue weighted by Crippen LogP contribution is -2.29. The zero-order valence-electron chi connectivity index (χ0n) is 12.7. The van der Waals surface area contributed by atoms with Crippen LogP contribution >= 0.6 is 0 Å². The molecule has 110 valence electrons. The van der Waals surface area contributed by atoms with Crippen molar-refractivity contribution in [2.75, 3.05) is 11.4 Å². The molecule has 2 aromatic rings. The Morgan fingerprint density at radius 2 is 1.82 bits per heavy atom. The van der Waals surface area contributed by atoms with Crippen LogP contribution in [0.3, 0.4) is 0 Å². The number of carbonyl (C=O) groups excluding carboxylic acids is 1. The molecule has 0 aliphatic carbocycles. The predicted octanol–water partition coefficient (Wildman–Crippen LogP) is 3.18. The summed E-state index contributed by atoms with van der Waals surface area (Å²) in [6.07, 6.45) is 1.69. The Balaban J connectivity index is 1.95. The van der Waals surface area contributed by atoms with Gasteiger partial charge in [-0.1, -0.05) is 42.5 Å². The van der Waals surface area contributed by atoms with Gasteiger partial charge in [0.1, 0.15) is 0 Å². The topological polar surface area (TPSA) is 45.0 Å². The fourth-order valence-corrected chi connectivity index (χ4v) is 2.55. The van der Waals surface area contributed by atoms with Gasteiger partial charge in [-0.15, -0.1) is 5.10 Å². The van der Waals surface area contributed by atoms with Gasteiger partial charge < -0.3 is 4.90 Å². The highest BCUT2D eigenvalue weighted by Crippen LogP contribution is 2.28. The molecular weight excluding hydrogens is 274 g/mol. The van der Waals surface area contributed by atoms with Crippen LogP contribution in [0.2, 0.25) is 0 Å². The zero-order chi connectivity index (χ0) is 15.5. The molecule has 1 aliphatic heterocycles. The Morgan fingerprint density at radius 3 is 2.59 bits per heavy atom. The molecule has 0 saturated heterocycles. The van der Waals surface area contributed by atoms with Gasteiger partial charge in [-0.2, -0.15) is 5.10 Å². The summed E-state index contributed by atoms with van der Waals surface area (Å²) in [6, 6.07) is 15.6. The minimum Gasteiger partial charge on any atom is -0.307 e. The lowest BCUT2D eigenvalue weighted by molar-refractivity contribution is -0.112. The van der Waals surface area contributed by atoms with E-state index in [1.165, 1.54) is 0 Å². The number of aryl methyl sites for hydroxylation is 1. The van der Waals surface area contributed by atoms with Gasteiger partial charge in [0, 0.05) is 12.1 Å². The van der Waals surface area contributed by atoms with Gasteiger partial charge in [0.25, 0.3) is 5.91 Å². The first kappa shape index (κ1) is 14.2. The number of nitrogens with zero attached hydrogens (tertiary/aromatic N) is 3. The number of rotatable bonds is 3. The number of anilines is 1. The molecule has 3 rings (SSSR count). The second-order valence-corrected chi connectivity index (χ2v) is 5.12. The minimum absolute atomic E-state index is 0.0920. The Hall–Kier alpha value is -2.75. The number of carbonyl (C=O) groups is 1. The number of hydrogen-bond acceptors (Lipinski definition) is 3. The van der Waals surface area contributed by atoms with Crippen molar-refractivity contribution in [3.05, 3.63) is 65.2 Å². The van der Waals surface area contributed by atoms with Gasteiger partial charge in [-0.05, 0) is 31.0 Å². The van der Waals surface area contributed by atoms with Crippen LogP contribution in [-0.2, 0) is 4.79 Å². The van der Waals surface area contributed by atoms with Crippen molar-refractivity contribution in [3.63, 3.8) is 0 Å². The van der Waals surface area contributed by atoms with Gasteiger partial charge in [0.2, 0.25) is 0 Å². The normalized spacial score (nSPS) is 15.8. The van der Waals surface area contributed by atoms with Crippen molar-refractivity contribution in [2.45, 2.75) is 13.8 Å². The van der Waals surface area contributed by atoms with Gasteiger partial charge in [-0.3, -0.25) is 4.79 Å². The summed E-state index contributed by atoms with van der Waals surface area (Å²) in [5, 5.41) is 8.29. The van der Waals surface area contributed by atoms with Crippen molar-refractivity contribution in [2.24, 2.45) is 10.2 Å². The molecule has 0 fully saturated rings. The molecule has 0 unspecified atom stereocenters. The first-order valence-corrected chi connectivity index (χ1v) is 7.30. The summed E-state index contributed by atoms with van der Waals surface area (Å²) in [5.41, 5.74) is 4.27. The van der Waals surface area contributed by atoms with Crippen molar-refractivity contribution in [3.8, 4) is 0 Å². The van der Waals surface area contributed by atoms with Gasteiger partial charge in [-0.25, -0.2) is 0 Å². The second-order valence-electron chi connectivity index (χ2n) is 5.12. The maximum atomic E-state index is 12.4. The highest BCUT2D eigenvalue weighted by Gasteiger charge is 2.32. The number of likely N-dealkylation sites (N-methyl/N-ethyl adjacent to an activating group) is 1. The van der Waals surface area contributed by atoms with Crippen molar-refractivity contribution >= 4 is 23.5 Å². The Labute approximate surface area is 129 Å². The molecular formula is C18H17N3O. The van der Waals surface area contributed by atoms with Crippen LogP contribution in [0.25, 0.3) is 0 Å². The predicted molar refractivity (Wildman–Crippen MR) is 89.8 cm³/mol. The second kappa shape index (κ2) is 5.93. The lowest BCUT2D eigenvalue weighted by atomic mass is 10.1. The van der Waals surface area contributed by atoms with E-state index in [0.717, 1.165) is 22.4 Å². The Morgan fingerprint density at radius 1 is 1.09 bits per heavy atom. The summed E-state index contributed by atoms with van der Waals surface area (Å²) in [4.78, 5) is 14.1. The molecule has 0 bridgehead atoms. The summed E-state index contributed by atoms with van der Waals surface area (Å²) in [6.45, 7) is 4.59. The van der Waals surface area contributed by atoms with E-state index >= 15 is 0 Å². The summed E-state index contributed by atoms with van der Waals surface area (Å²) < 4.78 is 0. The molecule has 0 aromatic heterocycles. The van der Waals surface area contributed by atoms with Crippen molar-refractivity contribution < 1.29 is 4.79 Å². The van der Waals surface area contributed by atoms with Crippen LogP contribution in [0, 0.1) is 6.92 Å². The van der Waals surface area contributed by atoms with Crippen LogP contribution < -0.4 is 4.90 Å². The van der Waals surface area contributed by atoms with Crippen LogP contribution in [0.1, 0.15) is 23.6 Å². The molecule has 4 heteroatoms. The van der Waals surface area contributed by atoms with E-state index in [1.807, 2.05) is 62.4 Å². The number of amides is 1. The third-order valence-electron chi connectivity index (χ3n) is 3.76. The molecule has 4 nitrogen and oxygen atoms in total. The van der Waals surface area contributed by atoms with Crippen LogP contribution in [0.4, 0.5) is 5.69 Å². The largest absolute Gasteiger partial charge is 0.307 e. The van der Waals surface area contributed by atoms with Gasteiger partial charge >= 0.3 is 0 Å². The molecule has 0 spiro atoms. The Bertz CT molecular complexity index is 777. The number of benzene rings is 2. The smallest absolute Gasteiger partial charge is 0.279 e. The van der Waals surface area contributed by atoms with Crippen molar-refractivity contribution in [1.29, 1.82) is 0 Å². The molecule has 0 N–H and O–H groups in total. The maximum absolute atomic E-state index is 12.4. The van der Waals surface area contributed by atoms with Gasteiger partial charge in [0.05, 0.1) is 11.9 Å². The number of fused-ring (bicyclic) bond motifs is 1. The molecule has 1 heterocycles. The van der Waals surface area contributed by atoms with E-state index < -0.39 is 0 Å². The SMILES string of the molecule is CCN1C(=O)/C(=N/N=C\c2ccccc2C)c2ccccc21. The summed E-state index contributed by atoms with van der Waals surface area (Å²) in [7, 11) is 0. The monoisotopic (exact) mass is 291 g/mol. The fraction of sp³-hybridized carbons (Fsp3) is 0.167. The first-order chi connectivity index (χ1) is 10.7. The van der Waals surface area contributed by atoms with E-state index in [-0.39, 0.29) is 5.91 Å². The highest BCUT2D eigenvalue weighted by molar-refractivity contribution is 6.54. The van der Waals surface area contributed by atoms with E-state index in [1.54, 1.807) is 11.1 Å². The standard InChI is InChI=1S/C18H17N3O/c1-3-21-16-11-7-6-10-15(16)17(18(21)22)20-19-12-14-9-5-4-8-13(14)2/h4-12H,3H2,1-2H3/b19-12-,20-17+. The molecule has 0 saturated carbocycles. The van der Waals surface area contributed by atoms with Crippen LogP contribution in [-0.4, -0.2) is 24.4 Å². The molecule has 22 heavy (non-hydrogen) atoms. The molecule has 1 amide bonds. The van der Waals surface area contributed by atoms with E-state index in [0.29, 0.717) is 12.3 Å². The molecule has 2 aromatic carbocycles. The average Bonchev–Trinajstić information content (AvgIpc) is 2.81. The first-order valence-electron chi connectivity index (χ1n) is 7.30. The van der Waals surface area contributed by atoms with Gasteiger partial charge in [0.15, 0.2) is 5.71 Å². The quantitative estimate of drug-likeness (QED) is 0.632. The molecule has 1 aliphatic rings. The van der Waals surface area contributed by atoms with Crippen LogP contribution in [0.5, 0.6) is 0 Å². The number of hydrogen-bond donors (Lipinski definition) is 0. The number of para-hydroxylation sites is 1. The zero-order valence-corrected chi connectivity index (χ0v) is 12.7. The van der Waals surface area contributed by atoms with E-state index in [2.05, 4.69) is 10.2 Å². The summed E-state index contributed by atoms with van der Waals surface area (Å²) in [5.74, 6) is -0.0920. The third-order valence-corrected chi connectivity index (χ3v) is 3.76. The highest BCUT2D eigenvalue weighted by atomic mass is 16.2. The third kappa shape index (κ3) is 2.44. The minimum atomic E-state index is -0.0920. The van der Waals surface area contributed by atoms with E-state index in [4.69, 9.17) is 0 Å². The summed E-state index contributed by atoms with van der Waals surface area (Å²) >= 11 is 0. The average molecular weight is 291 g/mol. The maximum Gasteiger partial charge on any atom is 0.279 e. The molecule has 0 radical (unpaired) electrons. The van der Waals surface area contributed by atoms with Crippen molar-refractivity contribution in [1.82, 2.24) is 0 Å². The molecule has 0 atom stereocenters.